The van der Waals surface area contributed by atoms with Gasteiger partial charge in [0.1, 0.15) is 5.82 Å². The molecule has 1 atom stereocenters. The fourth-order valence-corrected chi connectivity index (χ4v) is 2.98. The molecule has 114 valence electrons. The van der Waals surface area contributed by atoms with Crippen LogP contribution in [0.2, 0.25) is 0 Å². The molecule has 2 aliphatic rings. The van der Waals surface area contributed by atoms with Crippen LogP contribution in [0.3, 0.4) is 0 Å². The lowest BCUT2D eigenvalue weighted by molar-refractivity contribution is 0.0432. The Balaban J connectivity index is 1.50. The van der Waals surface area contributed by atoms with Crippen molar-refractivity contribution < 1.29 is 13.9 Å². The van der Waals surface area contributed by atoms with Crippen LogP contribution in [0.5, 0.6) is 0 Å². The number of halogens is 1. The lowest BCUT2D eigenvalue weighted by atomic mass is 10.1. The van der Waals surface area contributed by atoms with Gasteiger partial charge in [0.15, 0.2) is 0 Å². The number of carbonyl (C=O) groups excluding carboxylic acids is 1. The molecule has 5 heteroatoms. The standard InChI is InChI=1S/C16H21FN2O2/c17-14-5-3-13(4-6-14)16(20)19-9-7-18(8-10-19)12-15-2-1-11-21-15/h3-6,15H,1-2,7-12H2. The Bertz CT molecular complexity index is 478. The molecule has 1 unspecified atom stereocenters. The average Bonchev–Trinajstić information content (AvgIpc) is 3.01. The summed E-state index contributed by atoms with van der Waals surface area (Å²) >= 11 is 0. The Labute approximate surface area is 124 Å². The normalized spacial score (nSPS) is 23.5. The monoisotopic (exact) mass is 292 g/mol. The average molecular weight is 292 g/mol. The van der Waals surface area contributed by atoms with E-state index in [4.69, 9.17) is 4.74 Å². The van der Waals surface area contributed by atoms with Crippen LogP contribution >= 0.6 is 0 Å². The third-order valence-corrected chi connectivity index (χ3v) is 4.24. The first-order chi connectivity index (χ1) is 10.2. The predicted octanol–water partition coefficient (Wildman–Crippen LogP) is 1.76. The van der Waals surface area contributed by atoms with Crippen LogP contribution in [-0.4, -0.2) is 61.1 Å². The van der Waals surface area contributed by atoms with Gasteiger partial charge in [-0.05, 0) is 37.1 Å². The summed E-state index contributed by atoms with van der Waals surface area (Å²) in [6.45, 7) is 5.07. The van der Waals surface area contributed by atoms with Gasteiger partial charge in [0.2, 0.25) is 0 Å². The molecular formula is C16H21FN2O2. The molecule has 0 saturated carbocycles. The summed E-state index contributed by atoms with van der Waals surface area (Å²) in [4.78, 5) is 16.5. The molecule has 2 heterocycles. The minimum absolute atomic E-state index is 0.00762. The van der Waals surface area contributed by atoms with Crippen molar-refractivity contribution in [2.75, 3.05) is 39.3 Å². The summed E-state index contributed by atoms with van der Waals surface area (Å²) in [6, 6.07) is 5.77. The van der Waals surface area contributed by atoms with Gasteiger partial charge in [-0.25, -0.2) is 4.39 Å². The van der Waals surface area contributed by atoms with E-state index in [-0.39, 0.29) is 11.7 Å². The summed E-state index contributed by atoms with van der Waals surface area (Å²) in [5, 5.41) is 0. The van der Waals surface area contributed by atoms with Gasteiger partial charge < -0.3 is 9.64 Å². The third-order valence-electron chi connectivity index (χ3n) is 4.24. The van der Waals surface area contributed by atoms with Crippen LogP contribution in [0.4, 0.5) is 4.39 Å². The Morgan fingerprint density at radius 1 is 1.19 bits per heavy atom. The predicted molar refractivity (Wildman–Crippen MR) is 77.7 cm³/mol. The second-order valence-electron chi connectivity index (χ2n) is 5.73. The molecule has 0 radical (unpaired) electrons. The van der Waals surface area contributed by atoms with Gasteiger partial charge in [-0.2, -0.15) is 0 Å². The van der Waals surface area contributed by atoms with Crippen LogP contribution < -0.4 is 0 Å². The molecule has 0 N–H and O–H groups in total. The van der Waals surface area contributed by atoms with Gasteiger partial charge in [0.05, 0.1) is 6.10 Å². The maximum absolute atomic E-state index is 12.9. The van der Waals surface area contributed by atoms with E-state index in [2.05, 4.69) is 4.90 Å². The molecular weight excluding hydrogens is 271 g/mol. The zero-order valence-corrected chi connectivity index (χ0v) is 12.1. The number of nitrogens with zero attached hydrogens (tertiary/aromatic N) is 2. The Morgan fingerprint density at radius 2 is 1.90 bits per heavy atom. The number of hydrogen-bond donors (Lipinski definition) is 0. The highest BCUT2D eigenvalue weighted by molar-refractivity contribution is 5.94. The smallest absolute Gasteiger partial charge is 0.253 e. The molecule has 1 aromatic rings. The van der Waals surface area contributed by atoms with E-state index < -0.39 is 0 Å². The van der Waals surface area contributed by atoms with Crippen LogP contribution in [0.25, 0.3) is 0 Å². The zero-order chi connectivity index (χ0) is 14.7. The number of piperazine rings is 1. The SMILES string of the molecule is O=C(c1ccc(F)cc1)N1CCN(CC2CCCO2)CC1. The van der Waals surface area contributed by atoms with Crippen molar-refractivity contribution >= 4 is 5.91 Å². The van der Waals surface area contributed by atoms with Crippen molar-refractivity contribution in [1.29, 1.82) is 0 Å². The summed E-state index contributed by atoms with van der Waals surface area (Å²) in [5.41, 5.74) is 0.559. The van der Waals surface area contributed by atoms with Crippen LogP contribution in [0, 0.1) is 5.82 Å². The lowest BCUT2D eigenvalue weighted by Crippen LogP contribution is -2.50. The number of rotatable bonds is 3. The summed E-state index contributed by atoms with van der Waals surface area (Å²) in [5.74, 6) is -0.320. The quantitative estimate of drug-likeness (QED) is 0.851. The Hall–Kier alpha value is -1.46. The van der Waals surface area contributed by atoms with Crippen LogP contribution in [0.1, 0.15) is 23.2 Å². The first kappa shape index (κ1) is 14.5. The summed E-state index contributed by atoms with van der Waals surface area (Å²) in [7, 11) is 0. The maximum Gasteiger partial charge on any atom is 0.253 e. The molecule has 21 heavy (non-hydrogen) atoms. The summed E-state index contributed by atoms with van der Waals surface area (Å²) in [6.07, 6.45) is 2.67. The van der Waals surface area contributed by atoms with Crippen molar-refractivity contribution in [1.82, 2.24) is 9.80 Å². The van der Waals surface area contributed by atoms with Crippen molar-refractivity contribution in [2.24, 2.45) is 0 Å². The van der Waals surface area contributed by atoms with E-state index in [1.165, 1.54) is 12.1 Å². The molecule has 2 fully saturated rings. The van der Waals surface area contributed by atoms with Gasteiger partial charge in [-0.1, -0.05) is 0 Å². The van der Waals surface area contributed by atoms with E-state index >= 15 is 0 Å². The second-order valence-corrected chi connectivity index (χ2v) is 5.73. The van der Waals surface area contributed by atoms with Gasteiger partial charge in [0.25, 0.3) is 5.91 Å². The Kier molecular flexibility index (Phi) is 4.51. The maximum atomic E-state index is 12.9. The third kappa shape index (κ3) is 3.60. The van der Waals surface area contributed by atoms with E-state index in [1.54, 1.807) is 12.1 Å². The van der Waals surface area contributed by atoms with Gasteiger partial charge in [-0.3, -0.25) is 9.69 Å². The van der Waals surface area contributed by atoms with Crippen LogP contribution in [-0.2, 0) is 4.74 Å². The number of hydrogen-bond acceptors (Lipinski definition) is 3. The minimum atomic E-state index is -0.312. The molecule has 0 bridgehead atoms. The van der Waals surface area contributed by atoms with Gasteiger partial charge >= 0.3 is 0 Å². The van der Waals surface area contributed by atoms with Crippen molar-refractivity contribution in [3.8, 4) is 0 Å². The fraction of sp³-hybridized carbons (Fsp3) is 0.562. The molecule has 1 amide bonds. The fourth-order valence-electron chi connectivity index (χ4n) is 2.98. The molecule has 0 aliphatic carbocycles. The second kappa shape index (κ2) is 6.54. The van der Waals surface area contributed by atoms with Crippen molar-refractivity contribution in [3.05, 3.63) is 35.6 Å². The molecule has 2 aliphatic heterocycles. The number of ether oxygens (including phenoxy) is 1. The van der Waals surface area contributed by atoms with Crippen LogP contribution in [0.15, 0.2) is 24.3 Å². The molecule has 0 aromatic heterocycles. The van der Waals surface area contributed by atoms with E-state index in [9.17, 15) is 9.18 Å². The first-order valence-electron chi connectivity index (χ1n) is 7.61. The number of carbonyl (C=O) groups is 1. The topological polar surface area (TPSA) is 32.8 Å². The Morgan fingerprint density at radius 3 is 2.52 bits per heavy atom. The molecule has 0 spiro atoms. The first-order valence-corrected chi connectivity index (χ1v) is 7.61. The van der Waals surface area contributed by atoms with E-state index in [0.29, 0.717) is 11.7 Å². The highest BCUT2D eigenvalue weighted by atomic mass is 19.1. The number of amides is 1. The largest absolute Gasteiger partial charge is 0.377 e. The molecule has 4 nitrogen and oxygen atoms in total. The van der Waals surface area contributed by atoms with E-state index in [0.717, 1.165) is 52.2 Å². The van der Waals surface area contributed by atoms with E-state index in [1.807, 2.05) is 4.90 Å². The molecule has 3 rings (SSSR count). The zero-order valence-electron chi connectivity index (χ0n) is 12.1. The minimum Gasteiger partial charge on any atom is -0.377 e. The van der Waals surface area contributed by atoms with Gasteiger partial charge in [-0.15, -0.1) is 0 Å². The van der Waals surface area contributed by atoms with Crippen molar-refractivity contribution in [2.45, 2.75) is 18.9 Å². The number of benzene rings is 1. The van der Waals surface area contributed by atoms with Gasteiger partial charge in [0, 0.05) is 44.9 Å². The summed E-state index contributed by atoms with van der Waals surface area (Å²) < 4.78 is 18.5. The van der Waals surface area contributed by atoms with Crippen molar-refractivity contribution in [3.63, 3.8) is 0 Å². The molecule has 1 aromatic carbocycles. The highest BCUT2D eigenvalue weighted by Gasteiger charge is 2.25. The molecule has 2 saturated heterocycles. The highest BCUT2D eigenvalue weighted by Crippen LogP contribution is 2.15. The lowest BCUT2D eigenvalue weighted by Gasteiger charge is -2.35.